The molecule has 0 aliphatic heterocycles. The van der Waals surface area contributed by atoms with Gasteiger partial charge < -0.3 is 15.4 Å². The van der Waals surface area contributed by atoms with Gasteiger partial charge in [-0.1, -0.05) is 66.7 Å². The lowest BCUT2D eigenvalue weighted by molar-refractivity contribution is 0.101. The molecule has 0 unspecified atom stereocenters. The highest BCUT2D eigenvalue weighted by atomic mass is 32.2. The zero-order valence-corrected chi connectivity index (χ0v) is 24.9. The van der Waals surface area contributed by atoms with E-state index in [0.717, 1.165) is 0 Å². The molecule has 6 aromatic rings. The van der Waals surface area contributed by atoms with Gasteiger partial charge >= 0.3 is 0 Å². The Bertz CT molecular complexity index is 2120. The summed E-state index contributed by atoms with van der Waals surface area (Å²) >= 11 is 0. The fraction of sp³-hybridized carbons (Fsp3) is 0. The molecule has 2 amide bonds. The lowest BCUT2D eigenvalue weighted by atomic mass is 10.1. The summed E-state index contributed by atoms with van der Waals surface area (Å²) in [7, 11) is -4.73. The Morgan fingerprint density at radius 3 is 1.83 bits per heavy atom. The molecule has 1 heterocycles. The molecule has 0 spiro atoms. The minimum absolute atomic E-state index is 0.0900. The van der Waals surface area contributed by atoms with E-state index >= 15 is 0 Å². The highest BCUT2D eigenvalue weighted by Gasteiger charge is 2.22. The number of benzene rings is 5. The summed E-state index contributed by atoms with van der Waals surface area (Å²) < 4.78 is 42.1. The van der Waals surface area contributed by atoms with Crippen molar-refractivity contribution in [3.05, 3.63) is 151 Å². The highest BCUT2D eigenvalue weighted by molar-refractivity contribution is 7.86. The molecule has 11 heteroatoms. The van der Waals surface area contributed by atoms with Crippen molar-refractivity contribution in [3.63, 3.8) is 0 Å². The van der Waals surface area contributed by atoms with Crippen molar-refractivity contribution >= 4 is 33.4 Å². The highest BCUT2D eigenvalue weighted by Crippen LogP contribution is 2.33. The zero-order valence-electron chi connectivity index (χ0n) is 24.1. The van der Waals surface area contributed by atoms with Crippen LogP contribution in [0.5, 0.6) is 11.5 Å². The standard InChI is InChI=1S/C35H26N4O6S/c40-34(25-10-4-1-5-11-25)36-27-18-16-24(17-19-27)30-23-33(37-35(41)26-12-6-2-7-13-26)39(38-30)28-20-21-31(32(22-28)46(42,43)44)45-29-14-8-3-9-15-29/h1-23H,(H,36,40)(H,37,41)(H,42,43,44). The van der Waals surface area contributed by atoms with Gasteiger partial charge in [0.05, 0.1) is 11.4 Å². The molecule has 0 saturated heterocycles. The molecule has 10 nitrogen and oxygen atoms in total. The number of carbonyl (C=O) groups is 2. The van der Waals surface area contributed by atoms with E-state index in [0.29, 0.717) is 33.8 Å². The second-order valence-corrected chi connectivity index (χ2v) is 11.5. The summed E-state index contributed by atoms with van der Waals surface area (Å²) in [5.74, 6) is -0.138. The lowest BCUT2D eigenvalue weighted by Gasteiger charge is -2.13. The third-order valence-electron chi connectivity index (χ3n) is 6.88. The topological polar surface area (TPSA) is 140 Å². The van der Waals surface area contributed by atoms with Crippen molar-refractivity contribution in [2.24, 2.45) is 0 Å². The first-order chi connectivity index (χ1) is 22.2. The summed E-state index contributed by atoms with van der Waals surface area (Å²) in [4.78, 5) is 25.2. The van der Waals surface area contributed by atoms with Crippen LogP contribution in [0.4, 0.5) is 11.5 Å². The quantitative estimate of drug-likeness (QED) is 0.145. The molecule has 0 radical (unpaired) electrons. The van der Waals surface area contributed by atoms with E-state index in [2.05, 4.69) is 15.7 Å². The number of ether oxygens (including phenoxy) is 1. The first-order valence-electron chi connectivity index (χ1n) is 14.0. The maximum atomic E-state index is 13.1. The van der Waals surface area contributed by atoms with Crippen molar-refractivity contribution in [1.29, 1.82) is 0 Å². The van der Waals surface area contributed by atoms with Crippen LogP contribution in [0.2, 0.25) is 0 Å². The number of hydrogen-bond donors (Lipinski definition) is 3. The fourth-order valence-electron chi connectivity index (χ4n) is 4.63. The number of nitrogens with one attached hydrogen (secondary N) is 2. The van der Waals surface area contributed by atoms with Gasteiger partial charge in [0.15, 0.2) is 0 Å². The van der Waals surface area contributed by atoms with Crippen LogP contribution in [0.15, 0.2) is 144 Å². The molecule has 0 atom stereocenters. The number of carbonyl (C=O) groups excluding carboxylic acids is 2. The van der Waals surface area contributed by atoms with Gasteiger partial charge in [-0.05, 0) is 66.7 Å². The third kappa shape index (κ3) is 6.86. The van der Waals surface area contributed by atoms with E-state index in [4.69, 9.17) is 4.74 Å². The molecular formula is C35H26N4O6S. The van der Waals surface area contributed by atoms with Crippen molar-refractivity contribution in [3.8, 4) is 28.4 Å². The van der Waals surface area contributed by atoms with Gasteiger partial charge in [-0.3, -0.25) is 14.1 Å². The normalized spacial score (nSPS) is 11.1. The van der Waals surface area contributed by atoms with E-state index in [9.17, 15) is 22.6 Å². The Kier molecular flexibility index (Phi) is 8.42. The second kappa shape index (κ2) is 12.9. The van der Waals surface area contributed by atoms with E-state index < -0.39 is 20.9 Å². The van der Waals surface area contributed by atoms with Gasteiger partial charge in [0.25, 0.3) is 21.9 Å². The monoisotopic (exact) mass is 630 g/mol. The smallest absolute Gasteiger partial charge is 0.298 e. The number of amides is 2. The first kappa shape index (κ1) is 30.0. The predicted octanol–water partition coefficient (Wildman–Crippen LogP) is 7.08. The minimum Gasteiger partial charge on any atom is -0.456 e. The summed E-state index contributed by atoms with van der Waals surface area (Å²) in [5, 5.41) is 10.4. The van der Waals surface area contributed by atoms with Crippen LogP contribution in [-0.2, 0) is 10.1 Å². The Morgan fingerprint density at radius 2 is 1.24 bits per heavy atom. The molecule has 0 fully saturated rings. The predicted molar refractivity (Wildman–Crippen MR) is 174 cm³/mol. The SMILES string of the molecule is O=C(Nc1ccc(-c2cc(NC(=O)c3ccccc3)n(-c3ccc(Oc4ccccc4)c(S(=O)(=O)O)c3)n2)cc1)c1ccccc1. The van der Waals surface area contributed by atoms with Gasteiger partial charge in [0.1, 0.15) is 22.2 Å². The maximum Gasteiger partial charge on any atom is 0.298 e. The Balaban J connectivity index is 1.36. The molecule has 0 aliphatic rings. The Morgan fingerprint density at radius 1 is 0.674 bits per heavy atom. The summed E-state index contributed by atoms with van der Waals surface area (Å²) in [6.07, 6.45) is 0. The molecule has 46 heavy (non-hydrogen) atoms. The van der Waals surface area contributed by atoms with Crippen molar-refractivity contribution in [2.75, 3.05) is 10.6 Å². The van der Waals surface area contributed by atoms with E-state index in [1.807, 2.05) is 6.07 Å². The van der Waals surface area contributed by atoms with Crippen molar-refractivity contribution in [2.45, 2.75) is 4.90 Å². The van der Waals surface area contributed by atoms with E-state index in [-0.39, 0.29) is 23.2 Å². The van der Waals surface area contributed by atoms with Crippen LogP contribution in [0.1, 0.15) is 20.7 Å². The van der Waals surface area contributed by atoms with Crippen LogP contribution >= 0.6 is 0 Å². The molecule has 1 aromatic heterocycles. The van der Waals surface area contributed by atoms with Gasteiger partial charge in [-0.2, -0.15) is 13.5 Å². The second-order valence-electron chi connectivity index (χ2n) is 10.1. The van der Waals surface area contributed by atoms with Crippen LogP contribution in [0.25, 0.3) is 16.9 Å². The molecule has 228 valence electrons. The molecule has 0 bridgehead atoms. The fourth-order valence-corrected chi connectivity index (χ4v) is 5.27. The molecule has 6 rings (SSSR count). The van der Waals surface area contributed by atoms with Crippen LogP contribution in [-0.4, -0.2) is 34.6 Å². The minimum atomic E-state index is -4.73. The van der Waals surface area contributed by atoms with Gasteiger partial charge in [0, 0.05) is 28.4 Å². The third-order valence-corrected chi connectivity index (χ3v) is 7.76. The Hall–Kier alpha value is -6.04. The lowest BCUT2D eigenvalue weighted by Crippen LogP contribution is -2.15. The largest absolute Gasteiger partial charge is 0.456 e. The number of rotatable bonds is 9. The summed E-state index contributed by atoms with van der Waals surface area (Å²) in [5.41, 5.74) is 2.83. The number of hydrogen-bond acceptors (Lipinski definition) is 6. The molecule has 0 aliphatic carbocycles. The van der Waals surface area contributed by atoms with Crippen molar-refractivity contribution in [1.82, 2.24) is 9.78 Å². The number of para-hydroxylation sites is 1. The average Bonchev–Trinajstić information content (AvgIpc) is 3.49. The maximum absolute atomic E-state index is 13.1. The van der Waals surface area contributed by atoms with Crippen molar-refractivity contribution < 1.29 is 27.3 Å². The molecule has 0 saturated carbocycles. The number of nitrogens with zero attached hydrogens (tertiary/aromatic N) is 2. The van der Waals surface area contributed by atoms with Gasteiger partial charge in [0.2, 0.25) is 0 Å². The molecular weight excluding hydrogens is 604 g/mol. The first-order valence-corrected chi connectivity index (χ1v) is 15.5. The van der Waals surface area contributed by atoms with Gasteiger partial charge in [-0.25, -0.2) is 4.68 Å². The van der Waals surface area contributed by atoms with Gasteiger partial charge in [-0.15, -0.1) is 0 Å². The van der Waals surface area contributed by atoms with E-state index in [1.165, 1.54) is 16.8 Å². The zero-order chi connectivity index (χ0) is 32.1. The number of aromatic nitrogens is 2. The molecule has 5 aromatic carbocycles. The summed E-state index contributed by atoms with van der Waals surface area (Å²) in [6.45, 7) is 0. The van der Waals surface area contributed by atoms with Crippen LogP contribution in [0.3, 0.4) is 0 Å². The van der Waals surface area contributed by atoms with E-state index in [1.54, 1.807) is 121 Å². The van der Waals surface area contributed by atoms with Crippen LogP contribution < -0.4 is 15.4 Å². The average molecular weight is 631 g/mol. The van der Waals surface area contributed by atoms with Crippen LogP contribution in [0, 0.1) is 0 Å². The Labute approximate surface area is 264 Å². The molecule has 3 N–H and O–H groups in total. The summed E-state index contributed by atoms with van der Waals surface area (Å²) in [6, 6.07) is 38.7. The number of anilines is 2.